The average molecular weight is 363 g/mol. The first-order valence-corrected chi connectivity index (χ1v) is 7.95. The van der Waals surface area contributed by atoms with E-state index in [1.165, 1.54) is 25.3 Å². The van der Waals surface area contributed by atoms with Crippen molar-refractivity contribution in [3.8, 4) is 0 Å². The van der Waals surface area contributed by atoms with Gasteiger partial charge >= 0.3 is 6.18 Å². The number of nitrogens with one attached hydrogen (secondary N) is 1. The van der Waals surface area contributed by atoms with Gasteiger partial charge in [0.2, 0.25) is 5.91 Å². The number of carbonyl (C=O) groups excluding carboxylic acids is 2. The van der Waals surface area contributed by atoms with Crippen molar-refractivity contribution in [2.75, 3.05) is 11.9 Å². The Bertz CT molecular complexity index is 865. The van der Waals surface area contributed by atoms with Gasteiger partial charge in [0.1, 0.15) is 0 Å². The third kappa shape index (κ3) is 3.68. The SMILES string of the molecule is CC(=O)N1CCc2c(cncc2C(=O)Nc2cccc(C(F)(F)F)c2)C1. The molecule has 1 aromatic heterocycles. The van der Waals surface area contributed by atoms with Crippen LogP contribution in [0, 0.1) is 0 Å². The summed E-state index contributed by atoms with van der Waals surface area (Å²) in [5, 5.41) is 2.50. The van der Waals surface area contributed by atoms with Crippen LogP contribution in [-0.2, 0) is 23.9 Å². The van der Waals surface area contributed by atoms with Gasteiger partial charge in [-0.2, -0.15) is 13.2 Å². The lowest BCUT2D eigenvalue weighted by Crippen LogP contribution is -2.35. The van der Waals surface area contributed by atoms with E-state index in [1.807, 2.05) is 0 Å². The number of amides is 2. The number of alkyl halides is 3. The van der Waals surface area contributed by atoms with E-state index in [2.05, 4.69) is 10.3 Å². The molecular formula is C18H16F3N3O2. The zero-order chi connectivity index (χ0) is 18.9. The first-order valence-electron chi connectivity index (χ1n) is 7.95. The van der Waals surface area contributed by atoms with Gasteiger partial charge in [-0.25, -0.2) is 0 Å². The van der Waals surface area contributed by atoms with E-state index in [0.717, 1.165) is 23.3 Å². The smallest absolute Gasteiger partial charge is 0.338 e. The van der Waals surface area contributed by atoms with Crippen LogP contribution in [0.25, 0.3) is 0 Å². The fourth-order valence-electron chi connectivity index (χ4n) is 2.93. The maximum Gasteiger partial charge on any atom is 0.416 e. The number of hydrogen-bond donors (Lipinski definition) is 1. The predicted molar refractivity (Wildman–Crippen MR) is 88.4 cm³/mol. The zero-order valence-corrected chi connectivity index (χ0v) is 13.9. The number of hydrogen-bond acceptors (Lipinski definition) is 3. The molecule has 3 rings (SSSR count). The van der Waals surface area contributed by atoms with Gasteiger partial charge in [0.05, 0.1) is 11.1 Å². The Hall–Kier alpha value is -2.90. The Morgan fingerprint density at radius 3 is 2.69 bits per heavy atom. The summed E-state index contributed by atoms with van der Waals surface area (Å²) in [5.74, 6) is -0.584. The number of fused-ring (bicyclic) bond motifs is 1. The van der Waals surface area contributed by atoms with Crippen LogP contribution < -0.4 is 5.32 Å². The van der Waals surface area contributed by atoms with Crippen LogP contribution in [0.1, 0.15) is 34.0 Å². The maximum atomic E-state index is 12.8. The molecule has 1 aliphatic heterocycles. The van der Waals surface area contributed by atoms with Gasteiger partial charge in [-0.05, 0) is 35.7 Å². The van der Waals surface area contributed by atoms with Gasteiger partial charge in [0, 0.05) is 38.1 Å². The van der Waals surface area contributed by atoms with Crippen LogP contribution in [0.5, 0.6) is 0 Å². The van der Waals surface area contributed by atoms with Crippen LogP contribution in [0.15, 0.2) is 36.7 Å². The van der Waals surface area contributed by atoms with Gasteiger partial charge in [-0.15, -0.1) is 0 Å². The molecule has 0 fully saturated rings. The summed E-state index contributed by atoms with van der Waals surface area (Å²) in [6, 6.07) is 4.46. The third-order valence-electron chi connectivity index (χ3n) is 4.28. The molecule has 0 aliphatic carbocycles. The highest BCUT2D eigenvalue weighted by atomic mass is 19.4. The summed E-state index contributed by atoms with van der Waals surface area (Å²) >= 11 is 0. The van der Waals surface area contributed by atoms with E-state index >= 15 is 0 Å². The maximum absolute atomic E-state index is 12.8. The molecule has 5 nitrogen and oxygen atoms in total. The number of aromatic nitrogens is 1. The highest BCUT2D eigenvalue weighted by Crippen LogP contribution is 2.31. The molecule has 1 aliphatic rings. The Kier molecular flexibility index (Phi) is 4.67. The number of rotatable bonds is 2. The first kappa shape index (κ1) is 17.9. The fourth-order valence-corrected chi connectivity index (χ4v) is 2.93. The fraction of sp³-hybridized carbons (Fsp3) is 0.278. The lowest BCUT2D eigenvalue weighted by atomic mass is 9.96. The van der Waals surface area contributed by atoms with Gasteiger partial charge in [-0.1, -0.05) is 6.07 Å². The van der Waals surface area contributed by atoms with Crippen molar-refractivity contribution in [2.45, 2.75) is 26.1 Å². The normalized spacial score (nSPS) is 13.9. The number of carbonyl (C=O) groups is 2. The summed E-state index contributed by atoms with van der Waals surface area (Å²) in [6.07, 6.45) is -0.996. The van der Waals surface area contributed by atoms with E-state index in [-0.39, 0.29) is 11.6 Å². The molecule has 0 spiro atoms. The van der Waals surface area contributed by atoms with E-state index in [4.69, 9.17) is 0 Å². The third-order valence-corrected chi connectivity index (χ3v) is 4.28. The summed E-state index contributed by atoms with van der Waals surface area (Å²) in [4.78, 5) is 29.7. The first-order chi connectivity index (χ1) is 12.3. The largest absolute Gasteiger partial charge is 0.416 e. The van der Waals surface area contributed by atoms with Crippen LogP contribution in [0.3, 0.4) is 0 Å². The molecule has 2 heterocycles. The lowest BCUT2D eigenvalue weighted by Gasteiger charge is -2.28. The Labute approximate surface area is 147 Å². The van der Waals surface area contributed by atoms with E-state index in [1.54, 1.807) is 11.1 Å². The summed E-state index contributed by atoms with van der Waals surface area (Å²) in [6.45, 7) is 2.32. The van der Waals surface area contributed by atoms with Crippen molar-refractivity contribution in [1.82, 2.24) is 9.88 Å². The van der Waals surface area contributed by atoms with Crippen LogP contribution in [0.4, 0.5) is 18.9 Å². The molecule has 0 atom stereocenters. The topological polar surface area (TPSA) is 62.3 Å². The average Bonchev–Trinajstić information content (AvgIpc) is 2.60. The molecule has 1 aromatic carbocycles. The van der Waals surface area contributed by atoms with E-state index in [0.29, 0.717) is 25.1 Å². The molecule has 1 N–H and O–H groups in total. The monoisotopic (exact) mass is 363 g/mol. The molecule has 136 valence electrons. The number of pyridine rings is 1. The van der Waals surface area contributed by atoms with Crippen LogP contribution in [0.2, 0.25) is 0 Å². The van der Waals surface area contributed by atoms with Crippen molar-refractivity contribution in [2.24, 2.45) is 0 Å². The summed E-state index contributed by atoms with van der Waals surface area (Å²) in [5.41, 5.74) is 1.07. The Morgan fingerprint density at radius 1 is 1.23 bits per heavy atom. The number of anilines is 1. The number of benzene rings is 1. The minimum Gasteiger partial charge on any atom is -0.338 e. The van der Waals surface area contributed by atoms with Crippen molar-refractivity contribution in [3.63, 3.8) is 0 Å². The number of nitrogens with zero attached hydrogens (tertiary/aromatic N) is 2. The van der Waals surface area contributed by atoms with Crippen molar-refractivity contribution in [3.05, 3.63) is 58.9 Å². The highest BCUT2D eigenvalue weighted by molar-refractivity contribution is 6.05. The van der Waals surface area contributed by atoms with Crippen LogP contribution in [-0.4, -0.2) is 28.2 Å². The minimum atomic E-state index is -4.48. The standard InChI is InChI=1S/C18H16F3N3O2/c1-11(25)24-6-5-15-12(10-24)8-22-9-16(15)17(26)23-14-4-2-3-13(7-14)18(19,20)21/h2-4,7-9H,5-6,10H2,1H3,(H,23,26). The molecule has 0 unspecified atom stereocenters. The molecule has 2 aromatic rings. The quantitative estimate of drug-likeness (QED) is 0.891. The molecule has 26 heavy (non-hydrogen) atoms. The molecule has 8 heteroatoms. The van der Waals surface area contributed by atoms with Gasteiger partial charge in [0.15, 0.2) is 0 Å². The molecular weight excluding hydrogens is 347 g/mol. The summed E-state index contributed by atoms with van der Waals surface area (Å²) in [7, 11) is 0. The highest BCUT2D eigenvalue weighted by Gasteiger charge is 2.30. The van der Waals surface area contributed by atoms with Crippen molar-refractivity contribution >= 4 is 17.5 Å². The molecule has 2 amide bonds. The predicted octanol–water partition coefficient (Wildman–Crippen LogP) is 3.26. The molecule has 0 radical (unpaired) electrons. The molecule has 0 saturated heterocycles. The zero-order valence-electron chi connectivity index (χ0n) is 13.9. The van der Waals surface area contributed by atoms with Crippen molar-refractivity contribution in [1.29, 1.82) is 0 Å². The number of halogens is 3. The second-order valence-corrected chi connectivity index (χ2v) is 6.05. The minimum absolute atomic E-state index is 0.0589. The van der Waals surface area contributed by atoms with Crippen molar-refractivity contribution < 1.29 is 22.8 Å². The summed E-state index contributed by atoms with van der Waals surface area (Å²) < 4.78 is 38.4. The molecule has 0 bridgehead atoms. The van der Waals surface area contributed by atoms with E-state index < -0.39 is 17.6 Å². The van der Waals surface area contributed by atoms with Gasteiger partial charge < -0.3 is 10.2 Å². The van der Waals surface area contributed by atoms with Crippen LogP contribution >= 0.6 is 0 Å². The Morgan fingerprint density at radius 2 is 2.00 bits per heavy atom. The second kappa shape index (κ2) is 6.78. The lowest BCUT2D eigenvalue weighted by molar-refractivity contribution is -0.137. The molecule has 0 saturated carbocycles. The van der Waals surface area contributed by atoms with E-state index in [9.17, 15) is 22.8 Å². The Balaban J connectivity index is 1.84. The second-order valence-electron chi connectivity index (χ2n) is 6.05. The van der Waals surface area contributed by atoms with Gasteiger partial charge in [-0.3, -0.25) is 14.6 Å². The van der Waals surface area contributed by atoms with Gasteiger partial charge in [0.25, 0.3) is 5.91 Å².